The van der Waals surface area contributed by atoms with Gasteiger partial charge in [-0.05, 0) is 24.5 Å². The Morgan fingerprint density at radius 1 is 1.30 bits per heavy atom. The van der Waals surface area contributed by atoms with Crippen molar-refractivity contribution in [3.8, 4) is 5.75 Å². The van der Waals surface area contributed by atoms with Gasteiger partial charge >= 0.3 is 0 Å². The van der Waals surface area contributed by atoms with Gasteiger partial charge in [0.15, 0.2) is 0 Å². The first-order chi connectivity index (χ1) is 11.1. The van der Waals surface area contributed by atoms with Crippen molar-refractivity contribution < 1.29 is 14.3 Å². The molecular formula is C18H26N2O3. The molecule has 0 radical (unpaired) electrons. The Bertz CT molecular complexity index is 539. The van der Waals surface area contributed by atoms with Gasteiger partial charge in [0.1, 0.15) is 5.75 Å². The summed E-state index contributed by atoms with van der Waals surface area (Å²) < 4.78 is 5.12. The van der Waals surface area contributed by atoms with Gasteiger partial charge in [-0.25, -0.2) is 0 Å². The topological polar surface area (TPSA) is 58.6 Å². The van der Waals surface area contributed by atoms with Crippen LogP contribution < -0.4 is 10.1 Å². The zero-order chi connectivity index (χ0) is 16.7. The van der Waals surface area contributed by atoms with E-state index in [9.17, 15) is 9.59 Å². The molecule has 1 aliphatic rings. The molecule has 1 aromatic rings. The number of hydrogen-bond acceptors (Lipinski definition) is 3. The lowest BCUT2D eigenvalue weighted by Crippen LogP contribution is -2.35. The summed E-state index contributed by atoms with van der Waals surface area (Å²) in [5.41, 5.74) is 0.668. The minimum atomic E-state index is -0.199. The zero-order valence-electron chi connectivity index (χ0n) is 14.0. The molecule has 0 spiro atoms. The van der Waals surface area contributed by atoms with Crippen LogP contribution in [0.1, 0.15) is 38.5 Å². The van der Waals surface area contributed by atoms with Crippen molar-refractivity contribution in [1.29, 1.82) is 0 Å². The molecule has 0 heterocycles. The molecule has 1 fully saturated rings. The molecule has 2 amide bonds. The predicted molar refractivity (Wildman–Crippen MR) is 90.5 cm³/mol. The number of nitrogens with one attached hydrogen (secondary N) is 1. The normalized spacial score (nSPS) is 14.5. The average Bonchev–Trinajstić information content (AvgIpc) is 3.06. The summed E-state index contributed by atoms with van der Waals surface area (Å²) in [4.78, 5) is 25.7. The van der Waals surface area contributed by atoms with Crippen molar-refractivity contribution >= 4 is 17.5 Å². The Kier molecular flexibility index (Phi) is 6.44. The highest BCUT2D eigenvalue weighted by Gasteiger charge is 2.18. The fraction of sp³-hybridized carbons (Fsp3) is 0.556. The third-order valence-corrected chi connectivity index (χ3v) is 4.40. The van der Waals surface area contributed by atoms with Gasteiger partial charge in [0, 0.05) is 25.2 Å². The number of nitrogens with zero attached hydrogens (tertiary/aromatic N) is 1. The maximum absolute atomic E-state index is 12.1. The second-order valence-electron chi connectivity index (χ2n) is 6.22. The molecule has 0 aromatic heterocycles. The van der Waals surface area contributed by atoms with Gasteiger partial charge in [0.25, 0.3) is 0 Å². The van der Waals surface area contributed by atoms with Crippen LogP contribution in [-0.4, -0.2) is 37.4 Å². The number of carbonyl (C=O) groups excluding carboxylic acids is 2. The highest BCUT2D eigenvalue weighted by molar-refractivity contribution is 5.94. The Labute approximate surface area is 138 Å². The molecule has 1 saturated carbocycles. The number of carbonyl (C=O) groups is 2. The first-order valence-corrected chi connectivity index (χ1v) is 8.26. The summed E-state index contributed by atoms with van der Waals surface area (Å²) >= 11 is 0. The van der Waals surface area contributed by atoms with Crippen LogP contribution in [0.25, 0.3) is 0 Å². The predicted octanol–water partition coefficient (Wildman–Crippen LogP) is 3.06. The first-order valence-electron chi connectivity index (χ1n) is 8.26. The van der Waals surface area contributed by atoms with Crippen molar-refractivity contribution in [3.63, 3.8) is 0 Å². The summed E-state index contributed by atoms with van der Waals surface area (Å²) in [7, 11) is 3.26. The molecule has 1 aliphatic carbocycles. The lowest BCUT2D eigenvalue weighted by Gasteiger charge is -2.18. The van der Waals surface area contributed by atoms with Crippen LogP contribution in [0.2, 0.25) is 0 Å². The van der Waals surface area contributed by atoms with E-state index in [4.69, 9.17) is 4.74 Å². The summed E-state index contributed by atoms with van der Waals surface area (Å²) in [6.07, 6.45) is 6.55. The van der Waals surface area contributed by atoms with Crippen molar-refractivity contribution in [2.75, 3.05) is 26.0 Å². The molecule has 126 valence electrons. The van der Waals surface area contributed by atoms with Crippen LogP contribution in [0.4, 0.5) is 5.69 Å². The summed E-state index contributed by atoms with van der Waals surface area (Å²) in [6, 6.07) is 7.17. The van der Waals surface area contributed by atoms with Crippen LogP contribution in [-0.2, 0) is 9.59 Å². The number of ether oxygens (including phenoxy) is 1. The second-order valence-corrected chi connectivity index (χ2v) is 6.22. The van der Waals surface area contributed by atoms with Gasteiger partial charge < -0.3 is 15.0 Å². The van der Waals surface area contributed by atoms with E-state index in [1.165, 1.54) is 30.6 Å². The fourth-order valence-corrected chi connectivity index (χ4v) is 3.02. The van der Waals surface area contributed by atoms with Crippen LogP contribution >= 0.6 is 0 Å². The Morgan fingerprint density at radius 2 is 2.04 bits per heavy atom. The van der Waals surface area contributed by atoms with Gasteiger partial charge in [-0.2, -0.15) is 0 Å². The van der Waals surface area contributed by atoms with E-state index in [-0.39, 0.29) is 18.4 Å². The molecule has 5 nitrogen and oxygen atoms in total. The maximum atomic E-state index is 12.1. The van der Waals surface area contributed by atoms with E-state index in [0.717, 1.165) is 6.42 Å². The number of likely N-dealkylation sites (N-methyl/N-ethyl adjacent to an activating group) is 1. The van der Waals surface area contributed by atoms with Crippen molar-refractivity contribution in [3.05, 3.63) is 24.3 Å². The molecule has 5 heteroatoms. The first kappa shape index (κ1) is 17.3. The highest BCUT2D eigenvalue weighted by atomic mass is 16.5. The lowest BCUT2D eigenvalue weighted by atomic mass is 10.0. The number of hydrogen-bond donors (Lipinski definition) is 1. The molecule has 1 aromatic carbocycles. The third-order valence-electron chi connectivity index (χ3n) is 4.40. The van der Waals surface area contributed by atoms with E-state index in [0.29, 0.717) is 23.8 Å². The smallest absolute Gasteiger partial charge is 0.243 e. The quantitative estimate of drug-likeness (QED) is 0.840. The zero-order valence-corrected chi connectivity index (χ0v) is 14.0. The van der Waals surface area contributed by atoms with E-state index >= 15 is 0 Å². The number of methoxy groups -OCH3 is 1. The standard InChI is InChI=1S/C18H26N2O3/c1-20(18(22)11-10-14-6-3-4-7-14)13-17(21)19-15-8-5-9-16(12-15)23-2/h5,8-9,12,14H,3-4,6-7,10-11,13H2,1-2H3,(H,19,21). The van der Waals surface area contributed by atoms with Crippen LogP contribution in [0.15, 0.2) is 24.3 Å². The minimum absolute atomic E-state index is 0.0395. The van der Waals surface area contributed by atoms with Crippen molar-refractivity contribution in [2.45, 2.75) is 38.5 Å². The fourth-order valence-electron chi connectivity index (χ4n) is 3.02. The van der Waals surface area contributed by atoms with Crippen LogP contribution in [0.5, 0.6) is 5.75 Å². The number of anilines is 1. The number of amides is 2. The van der Waals surface area contributed by atoms with Gasteiger partial charge in [-0.3, -0.25) is 9.59 Å². The lowest BCUT2D eigenvalue weighted by molar-refractivity contribution is -0.133. The van der Waals surface area contributed by atoms with Crippen LogP contribution in [0, 0.1) is 5.92 Å². The summed E-state index contributed by atoms with van der Waals surface area (Å²) in [5.74, 6) is 1.22. The maximum Gasteiger partial charge on any atom is 0.243 e. The molecule has 1 N–H and O–H groups in total. The average molecular weight is 318 g/mol. The number of benzene rings is 1. The minimum Gasteiger partial charge on any atom is -0.497 e. The van der Waals surface area contributed by atoms with E-state index in [1.807, 2.05) is 12.1 Å². The largest absolute Gasteiger partial charge is 0.497 e. The molecule has 23 heavy (non-hydrogen) atoms. The third kappa shape index (κ3) is 5.58. The molecule has 2 rings (SSSR count). The molecular weight excluding hydrogens is 292 g/mol. The molecule has 0 unspecified atom stereocenters. The van der Waals surface area contributed by atoms with Gasteiger partial charge in [-0.15, -0.1) is 0 Å². The molecule has 0 aliphatic heterocycles. The summed E-state index contributed by atoms with van der Waals surface area (Å²) in [5, 5.41) is 2.79. The van der Waals surface area contributed by atoms with Crippen LogP contribution in [0.3, 0.4) is 0 Å². The molecule has 0 bridgehead atoms. The van der Waals surface area contributed by atoms with Crippen molar-refractivity contribution in [2.24, 2.45) is 5.92 Å². The van der Waals surface area contributed by atoms with Crippen molar-refractivity contribution in [1.82, 2.24) is 4.90 Å². The van der Waals surface area contributed by atoms with E-state index in [2.05, 4.69) is 5.32 Å². The Morgan fingerprint density at radius 3 is 2.74 bits per heavy atom. The van der Waals surface area contributed by atoms with Gasteiger partial charge in [0.2, 0.25) is 11.8 Å². The van der Waals surface area contributed by atoms with E-state index < -0.39 is 0 Å². The van der Waals surface area contributed by atoms with E-state index in [1.54, 1.807) is 26.3 Å². The molecule has 0 atom stereocenters. The summed E-state index contributed by atoms with van der Waals surface area (Å²) in [6.45, 7) is 0.0701. The Hall–Kier alpha value is -2.04. The monoisotopic (exact) mass is 318 g/mol. The number of rotatable bonds is 7. The second kappa shape index (κ2) is 8.56. The van der Waals surface area contributed by atoms with Gasteiger partial charge in [0.05, 0.1) is 13.7 Å². The molecule has 0 saturated heterocycles. The Balaban J connectivity index is 1.75. The highest BCUT2D eigenvalue weighted by Crippen LogP contribution is 2.28. The SMILES string of the molecule is COc1cccc(NC(=O)CN(C)C(=O)CCC2CCCC2)c1. The van der Waals surface area contributed by atoms with Gasteiger partial charge in [-0.1, -0.05) is 31.7 Å².